The number of likely N-dealkylation sites (tertiary alicyclic amines) is 1. The van der Waals surface area contributed by atoms with Gasteiger partial charge in [-0.05, 0) is 31.6 Å². The normalized spacial score (nSPS) is 23.7. The smallest absolute Gasteiger partial charge is 0.314 e. The minimum Gasteiger partial charge on any atom is -0.481 e. The van der Waals surface area contributed by atoms with Gasteiger partial charge in [-0.1, -0.05) is 13.8 Å². The molecule has 2 rings (SSSR count). The zero-order valence-electron chi connectivity index (χ0n) is 14.9. The molecule has 0 aromatic carbocycles. The molecule has 1 aromatic rings. The van der Waals surface area contributed by atoms with Crippen molar-refractivity contribution in [1.29, 1.82) is 0 Å². The van der Waals surface area contributed by atoms with Gasteiger partial charge < -0.3 is 15.1 Å². The van der Waals surface area contributed by atoms with E-state index in [-0.39, 0.29) is 18.9 Å². The second-order valence-corrected chi connectivity index (χ2v) is 7.21. The molecule has 0 saturated carbocycles. The minimum atomic E-state index is -1.27. The SMILES string of the molecule is CC(C)CC[C@@]1(C(=O)O)CN(C(=O)CCc2cnccn2)CC[C@@H]1O. The Balaban J connectivity index is 2.03. The number of hydrogen-bond donors (Lipinski definition) is 2. The molecule has 1 aliphatic rings. The van der Waals surface area contributed by atoms with E-state index in [1.807, 2.05) is 13.8 Å². The molecule has 1 saturated heterocycles. The molecule has 1 amide bonds. The molecule has 1 fully saturated rings. The summed E-state index contributed by atoms with van der Waals surface area (Å²) in [6.45, 7) is 4.50. The molecule has 2 N–H and O–H groups in total. The Bertz CT molecular complexity index is 593. The van der Waals surface area contributed by atoms with Gasteiger partial charge in [-0.15, -0.1) is 0 Å². The Morgan fingerprint density at radius 2 is 2.16 bits per heavy atom. The number of nitrogens with zero attached hydrogens (tertiary/aromatic N) is 3. The third kappa shape index (κ3) is 4.75. The highest BCUT2D eigenvalue weighted by Gasteiger charge is 2.49. The summed E-state index contributed by atoms with van der Waals surface area (Å²) in [4.78, 5) is 34.2. The summed E-state index contributed by atoms with van der Waals surface area (Å²) in [5.74, 6) is -0.786. The molecule has 2 atom stereocenters. The predicted octanol–water partition coefficient (Wildman–Crippen LogP) is 1.51. The largest absolute Gasteiger partial charge is 0.481 e. The average Bonchev–Trinajstić information content (AvgIpc) is 2.59. The van der Waals surface area contributed by atoms with Crippen LogP contribution in [0.25, 0.3) is 0 Å². The van der Waals surface area contributed by atoms with Crippen molar-refractivity contribution in [3.63, 3.8) is 0 Å². The number of carboxylic acids is 1. The lowest BCUT2D eigenvalue weighted by molar-refractivity contribution is -0.167. The molecule has 0 radical (unpaired) electrons. The zero-order chi connectivity index (χ0) is 18.4. The summed E-state index contributed by atoms with van der Waals surface area (Å²) in [6.07, 6.45) is 5.95. The monoisotopic (exact) mass is 349 g/mol. The van der Waals surface area contributed by atoms with E-state index in [2.05, 4.69) is 9.97 Å². The molecule has 0 spiro atoms. The van der Waals surface area contributed by atoms with Crippen LogP contribution in [0.5, 0.6) is 0 Å². The third-order valence-electron chi connectivity index (χ3n) is 4.94. The first-order valence-electron chi connectivity index (χ1n) is 8.79. The molecule has 7 nitrogen and oxygen atoms in total. The van der Waals surface area contributed by atoms with E-state index in [4.69, 9.17) is 0 Å². The fourth-order valence-corrected chi connectivity index (χ4v) is 3.25. The molecule has 0 bridgehead atoms. The summed E-state index contributed by atoms with van der Waals surface area (Å²) in [6, 6.07) is 0. The Morgan fingerprint density at radius 3 is 2.76 bits per heavy atom. The van der Waals surface area contributed by atoms with Gasteiger partial charge in [0.2, 0.25) is 5.91 Å². The highest BCUT2D eigenvalue weighted by molar-refractivity contribution is 5.80. The van der Waals surface area contributed by atoms with Crippen LogP contribution < -0.4 is 0 Å². The molecule has 0 unspecified atom stereocenters. The van der Waals surface area contributed by atoms with E-state index in [1.54, 1.807) is 23.5 Å². The first kappa shape index (κ1) is 19.3. The number of hydrogen-bond acceptors (Lipinski definition) is 5. The predicted molar refractivity (Wildman–Crippen MR) is 91.7 cm³/mol. The van der Waals surface area contributed by atoms with Crippen molar-refractivity contribution in [2.24, 2.45) is 11.3 Å². The number of amides is 1. The fraction of sp³-hybridized carbons (Fsp3) is 0.667. The van der Waals surface area contributed by atoms with Crippen LogP contribution in [0.3, 0.4) is 0 Å². The van der Waals surface area contributed by atoms with Gasteiger partial charge in [-0.3, -0.25) is 19.6 Å². The maximum Gasteiger partial charge on any atom is 0.314 e. The highest BCUT2D eigenvalue weighted by Crippen LogP contribution is 2.37. The van der Waals surface area contributed by atoms with Gasteiger partial charge in [0.05, 0.1) is 11.8 Å². The Hall–Kier alpha value is -2.02. The van der Waals surface area contributed by atoms with Gasteiger partial charge in [-0.2, -0.15) is 0 Å². The number of carbonyl (C=O) groups is 2. The van der Waals surface area contributed by atoms with E-state index < -0.39 is 17.5 Å². The van der Waals surface area contributed by atoms with Crippen molar-refractivity contribution in [2.45, 2.75) is 52.1 Å². The number of carboxylic acid groups (broad SMARTS) is 1. The van der Waals surface area contributed by atoms with Crippen LogP contribution in [0.4, 0.5) is 0 Å². The van der Waals surface area contributed by atoms with E-state index in [1.165, 1.54) is 0 Å². The number of aliphatic hydroxyl groups excluding tert-OH is 1. The van der Waals surface area contributed by atoms with Crippen LogP contribution in [0.2, 0.25) is 0 Å². The van der Waals surface area contributed by atoms with Crippen LogP contribution in [0.1, 0.15) is 45.2 Å². The molecule has 138 valence electrons. The molecular weight excluding hydrogens is 322 g/mol. The number of piperidine rings is 1. The van der Waals surface area contributed by atoms with Gasteiger partial charge >= 0.3 is 5.97 Å². The van der Waals surface area contributed by atoms with Crippen LogP contribution >= 0.6 is 0 Å². The summed E-state index contributed by atoms with van der Waals surface area (Å²) in [5, 5.41) is 20.1. The standard InChI is InChI=1S/C18H27N3O4/c1-13(2)5-7-18(17(24)25)12-21(10-6-15(18)22)16(23)4-3-14-11-19-8-9-20-14/h8-9,11,13,15,22H,3-7,10,12H2,1-2H3,(H,24,25)/t15-,18+/m0/s1. The fourth-order valence-electron chi connectivity index (χ4n) is 3.25. The topological polar surface area (TPSA) is 104 Å². The highest BCUT2D eigenvalue weighted by atomic mass is 16.4. The summed E-state index contributed by atoms with van der Waals surface area (Å²) in [7, 11) is 0. The molecule has 0 aliphatic carbocycles. The van der Waals surface area contributed by atoms with Crippen molar-refractivity contribution in [1.82, 2.24) is 14.9 Å². The van der Waals surface area contributed by atoms with Crippen LogP contribution in [-0.2, 0) is 16.0 Å². The number of aromatic nitrogens is 2. The van der Waals surface area contributed by atoms with Crippen LogP contribution in [0.15, 0.2) is 18.6 Å². The van der Waals surface area contributed by atoms with Crippen molar-refractivity contribution in [2.75, 3.05) is 13.1 Å². The first-order valence-corrected chi connectivity index (χ1v) is 8.79. The van der Waals surface area contributed by atoms with Crippen molar-refractivity contribution in [3.8, 4) is 0 Å². The van der Waals surface area contributed by atoms with E-state index >= 15 is 0 Å². The van der Waals surface area contributed by atoms with Gasteiger partial charge in [0.15, 0.2) is 0 Å². The van der Waals surface area contributed by atoms with Gasteiger partial charge in [-0.25, -0.2) is 0 Å². The number of aryl methyl sites for hydroxylation is 1. The first-order chi connectivity index (χ1) is 11.8. The lowest BCUT2D eigenvalue weighted by Crippen LogP contribution is -2.57. The molecule has 1 aromatic heterocycles. The summed E-state index contributed by atoms with van der Waals surface area (Å²) < 4.78 is 0. The maximum absolute atomic E-state index is 12.5. The van der Waals surface area contributed by atoms with Crippen molar-refractivity contribution < 1.29 is 19.8 Å². The van der Waals surface area contributed by atoms with Crippen LogP contribution in [-0.4, -0.2) is 56.2 Å². The summed E-state index contributed by atoms with van der Waals surface area (Å²) >= 11 is 0. The molecule has 7 heteroatoms. The molecule has 2 heterocycles. The maximum atomic E-state index is 12.5. The number of aliphatic carboxylic acids is 1. The van der Waals surface area contributed by atoms with Crippen molar-refractivity contribution in [3.05, 3.63) is 24.3 Å². The minimum absolute atomic E-state index is 0.0650. The van der Waals surface area contributed by atoms with Crippen molar-refractivity contribution >= 4 is 11.9 Å². The second kappa shape index (κ2) is 8.38. The summed E-state index contributed by atoms with van der Waals surface area (Å²) in [5.41, 5.74) is -0.540. The Kier molecular flexibility index (Phi) is 6.47. The zero-order valence-corrected chi connectivity index (χ0v) is 14.9. The lowest BCUT2D eigenvalue weighted by atomic mass is 9.72. The van der Waals surface area contributed by atoms with E-state index in [9.17, 15) is 19.8 Å². The van der Waals surface area contributed by atoms with E-state index in [0.717, 1.165) is 5.69 Å². The molecule has 1 aliphatic heterocycles. The molecule has 25 heavy (non-hydrogen) atoms. The Morgan fingerprint density at radius 1 is 1.40 bits per heavy atom. The number of carbonyl (C=O) groups excluding carboxylic acids is 1. The van der Waals surface area contributed by atoms with E-state index in [0.29, 0.717) is 38.1 Å². The van der Waals surface area contributed by atoms with Gasteiger partial charge in [0.1, 0.15) is 5.41 Å². The van der Waals surface area contributed by atoms with Gasteiger partial charge in [0.25, 0.3) is 0 Å². The number of aliphatic hydroxyl groups is 1. The lowest BCUT2D eigenvalue weighted by Gasteiger charge is -2.43. The second-order valence-electron chi connectivity index (χ2n) is 7.21. The molecular formula is C18H27N3O4. The quantitative estimate of drug-likeness (QED) is 0.773. The van der Waals surface area contributed by atoms with Crippen LogP contribution in [0, 0.1) is 11.3 Å². The third-order valence-corrected chi connectivity index (χ3v) is 4.94. The average molecular weight is 349 g/mol. The Labute approximate surface area is 148 Å². The van der Waals surface area contributed by atoms with Gasteiger partial charge in [0, 0.05) is 38.1 Å². The number of rotatable bonds is 7.